The fourth-order valence-electron chi connectivity index (χ4n) is 12.4. The summed E-state index contributed by atoms with van der Waals surface area (Å²) in [6.07, 6.45) is 27.4. The van der Waals surface area contributed by atoms with Crippen molar-refractivity contribution >= 4 is 67.5 Å². The van der Waals surface area contributed by atoms with E-state index in [2.05, 4.69) is 141 Å². The Bertz CT molecular complexity index is 4320. The highest BCUT2D eigenvalue weighted by Crippen LogP contribution is 2.42. The molecular formula is C86H112N6O11Si4. The Hall–Kier alpha value is -8.74. The molecule has 107 heavy (non-hydrogen) atoms. The lowest BCUT2D eigenvalue weighted by Gasteiger charge is -2.23. The van der Waals surface area contributed by atoms with Crippen molar-refractivity contribution < 1.29 is 54.2 Å². The van der Waals surface area contributed by atoms with E-state index in [4.69, 9.17) is 33.2 Å². The van der Waals surface area contributed by atoms with Crippen LogP contribution in [0.1, 0.15) is 210 Å². The summed E-state index contributed by atoms with van der Waals surface area (Å²) in [5, 5.41) is 57.9. The number of aryl methyl sites for hydroxylation is 7. The van der Waals surface area contributed by atoms with Crippen LogP contribution in [0.2, 0.25) is 78.6 Å². The first-order valence-electron chi connectivity index (χ1n) is 37.1. The Morgan fingerprint density at radius 1 is 0.561 bits per heavy atom. The van der Waals surface area contributed by atoms with E-state index in [0.717, 1.165) is 126 Å². The molecule has 4 aromatic heterocycles. The number of terminal acetylenes is 2. The molecule has 17 nitrogen and oxygen atoms in total. The van der Waals surface area contributed by atoms with Crippen LogP contribution in [-0.4, -0.2) is 132 Å². The summed E-state index contributed by atoms with van der Waals surface area (Å²) in [6, 6.07) is 21.3. The number of pyridine rings is 4. The van der Waals surface area contributed by atoms with Gasteiger partial charge in [-0.1, -0.05) is 109 Å². The Kier molecular flexibility index (Phi) is 34.5. The maximum absolute atomic E-state index is 12.6. The van der Waals surface area contributed by atoms with Gasteiger partial charge in [-0.25, -0.2) is 0 Å². The van der Waals surface area contributed by atoms with Crippen LogP contribution in [-0.2, 0) is 30.5 Å². The van der Waals surface area contributed by atoms with Gasteiger partial charge in [0.15, 0.2) is 11.9 Å². The number of benzene rings is 2. The first-order chi connectivity index (χ1) is 50.4. The zero-order valence-electron chi connectivity index (χ0n) is 65.9. The quantitative estimate of drug-likeness (QED) is 0.0154. The Morgan fingerprint density at radius 3 is 1.42 bits per heavy atom. The number of carbonyl (C=O) groups is 5. The minimum Gasteiger partial charge on any atom is -0.619 e. The zero-order valence-corrected chi connectivity index (χ0v) is 69.9. The monoisotopic (exact) mass is 1520 g/mol. The first kappa shape index (κ1) is 88.9. The van der Waals surface area contributed by atoms with Crippen molar-refractivity contribution in [2.75, 3.05) is 13.2 Å². The fourth-order valence-corrected chi connectivity index (χ4v) is 16.1. The van der Waals surface area contributed by atoms with E-state index in [0.29, 0.717) is 66.5 Å². The molecule has 6 aliphatic rings. The van der Waals surface area contributed by atoms with Gasteiger partial charge >= 0.3 is 0 Å². The predicted molar refractivity (Wildman–Crippen MR) is 437 cm³/mol. The summed E-state index contributed by atoms with van der Waals surface area (Å²) in [7, 11) is -4.94. The molecule has 5 atom stereocenters. The zero-order chi connectivity index (χ0) is 79.6. The number of rotatable bonds is 11. The number of aldehydes is 1. The number of hydrogen-bond donors (Lipinski definition) is 5. The topological polar surface area (TPSA) is 259 Å². The molecule has 12 rings (SSSR count). The molecule has 0 fully saturated rings. The smallest absolute Gasteiger partial charge is 0.262 e. The van der Waals surface area contributed by atoms with E-state index in [1.54, 1.807) is 67.7 Å². The van der Waals surface area contributed by atoms with Crippen molar-refractivity contribution in [2.45, 2.75) is 239 Å². The molecule has 0 radical (unpaired) electrons. The summed E-state index contributed by atoms with van der Waals surface area (Å²) in [5.41, 5.74) is 23.9. The van der Waals surface area contributed by atoms with E-state index in [9.17, 15) is 39.4 Å². The number of aliphatic hydroxyl groups is 5. The van der Waals surface area contributed by atoms with Crippen LogP contribution in [0.15, 0.2) is 91.4 Å². The predicted octanol–water partition coefficient (Wildman–Crippen LogP) is 13.4. The van der Waals surface area contributed by atoms with Gasteiger partial charge in [-0.3, -0.25) is 43.9 Å². The largest absolute Gasteiger partial charge is 0.619 e. The summed E-state index contributed by atoms with van der Waals surface area (Å²) in [6.45, 7) is 34.9. The van der Waals surface area contributed by atoms with Gasteiger partial charge in [0, 0.05) is 98.7 Å². The number of hydrogen-bond acceptors (Lipinski definition) is 14. The molecule has 2 aromatic carbocycles. The van der Waals surface area contributed by atoms with Crippen LogP contribution in [0.25, 0.3) is 0 Å². The van der Waals surface area contributed by atoms with Gasteiger partial charge in [0.2, 0.25) is 0 Å². The molecule has 0 saturated heterocycles. The second-order valence-corrected chi connectivity index (χ2v) is 50.6. The van der Waals surface area contributed by atoms with Gasteiger partial charge in [0.25, 0.3) is 23.6 Å². The van der Waals surface area contributed by atoms with Crippen LogP contribution < -0.4 is 10.0 Å². The van der Waals surface area contributed by atoms with E-state index >= 15 is 0 Å². The van der Waals surface area contributed by atoms with Gasteiger partial charge < -0.3 is 35.5 Å². The number of fused-ring (bicyclic) bond motifs is 6. The second-order valence-electron chi connectivity index (χ2n) is 31.4. The van der Waals surface area contributed by atoms with Crippen molar-refractivity contribution in [3.63, 3.8) is 0 Å². The van der Waals surface area contributed by atoms with E-state index in [1.165, 1.54) is 26.2 Å². The van der Waals surface area contributed by atoms with Gasteiger partial charge in [-0.15, -0.1) is 53.2 Å². The number of carbonyl (C=O) groups excluding carboxylic acids is 5. The molecular weight excluding hydrogens is 1410 g/mol. The minimum atomic E-state index is -1.37. The molecule has 21 heteroatoms. The van der Waals surface area contributed by atoms with Gasteiger partial charge in [-0.2, -0.15) is 4.73 Å². The minimum absolute atomic E-state index is 0.158. The normalized spacial score (nSPS) is 16.7. The molecule has 0 bridgehead atoms. The maximum atomic E-state index is 12.6. The summed E-state index contributed by atoms with van der Waals surface area (Å²) in [5.74, 6) is 13.0. The first-order valence-corrected chi connectivity index (χ1v) is 51.1. The van der Waals surface area contributed by atoms with Crippen LogP contribution in [0.3, 0.4) is 0 Å². The molecule has 0 saturated carbocycles. The average molecular weight is 1520 g/mol. The number of amides is 4. The number of aliphatic hydroxyl groups excluding tert-OH is 5. The molecule has 6 aromatic rings. The summed E-state index contributed by atoms with van der Waals surface area (Å²) >= 11 is 0. The van der Waals surface area contributed by atoms with Crippen molar-refractivity contribution in [3.05, 3.63) is 186 Å². The number of unbranched alkanes of at least 4 members (excludes halogenated alkanes) is 3. The SMILES string of the molecule is C#CC(O)CCC#C[Si](C)(C)C.C#CCCCO.C[Si](C)(C)C#CCCC=O.C[Si](C)(C)C#CCCCO.Cc1cc2c(c([Si](C)(C)C)n1)CCC2O.Cc1cc2c(c[n+]1[O-])CCC2N1C(=O)c2ccccc2C1=O.Cc1cc2c(cn1)CCC2N1C(=O)c2ccccc2C1=O.Cc1cc2c(cn1)CCC2O. The highest BCUT2D eigenvalue weighted by Gasteiger charge is 2.44. The van der Waals surface area contributed by atoms with E-state index in [-0.39, 0.29) is 61.1 Å². The summed E-state index contributed by atoms with van der Waals surface area (Å²) < 4.78 is 0.837. The number of nitrogens with zero attached hydrogens (tertiary/aromatic N) is 6. The average Bonchev–Trinajstić information content (AvgIpc) is 1.62. The molecule has 2 aliphatic heterocycles. The van der Waals surface area contributed by atoms with Crippen molar-refractivity contribution in [1.29, 1.82) is 0 Å². The lowest BCUT2D eigenvalue weighted by Crippen LogP contribution is -2.43. The number of aromatic nitrogens is 4. The molecule has 5 N–H and O–H groups in total. The highest BCUT2D eigenvalue weighted by atomic mass is 28.3. The van der Waals surface area contributed by atoms with Crippen LogP contribution in [0.5, 0.6) is 0 Å². The molecule has 6 heterocycles. The third kappa shape index (κ3) is 27.2. The third-order valence-electron chi connectivity index (χ3n) is 17.6. The van der Waals surface area contributed by atoms with Gasteiger partial charge in [-0.05, 0) is 173 Å². The van der Waals surface area contributed by atoms with Crippen molar-refractivity contribution in [3.8, 4) is 59.1 Å². The van der Waals surface area contributed by atoms with Crippen LogP contribution in [0.4, 0.5) is 0 Å². The Balaban J connectivity index is 0.000000226. The second kappa shape index (κ2) is 41.6. The van der Waals surface area contributed by atoms with Gasteiger partial charge in [0.1, 0.15) is 44.7 Å². The lowest BCUT2D eigenvalue weighted by atomic mass is 10.1. The van der Waals surface area contributed by atoms with Crippen LogP contribution >= 0.6 is 0 Å². The van der Waals surface area contributed by atoms with Crippen molar-refractivity contribution in [2.24, 2.45) is 0 Å². The molecule has 4 aliphatic carbocycles. The van der Waals surface area contributed by atoms with E-state index in [1.807, 2.05) is 45.3 Å². The molecule has 568 valence electrons. The molecule has 0 spiro atoms. The fraction of sp³-hybridized carbons (Fsp3) is 0.453. The molecule has 5 unspecified atom stereocenters. The Morgan fingerprint density at radius 2 is 0.972 bits per heavy atom. The third-order valence-corrected chi connectivity index (χ3v) is 22.2. The van der Waals surface area contributed by atoms with Crippen LogP contribution in [0, 0.1) is 92.0 Å². The van der Waals surface area contributed by atoms with Crippen molar-refractivity contribution in [1.82, 2.24) is 24.8 Å². The lowest BCUT2D eigenvalue weighted by molar-refractivity contribution is -0.612. The number of imide groups is 2. The maximum Gasteiger partial charge on any atom is 0.262 e. The van der Waals surface area contributed by atoms with Gasteiger partial charge in [0.05, 0.1) is 46.5 Å². The molecule has 4 amide bonds. The standard InChI is InChI=1S/C17H14N2O3.C17H14N2O2.C12H19NOSi.C10H16OSi.C9H11NO.C8H16OSi.C8H14OSi.C5H8O/c1-10-8-14-11(9-18(10)22)6-7-15(14)19-16(20)12-4-2-3-5-13(12)17(19)21;1-10-8-14-11(9-18-10)6-7-15(14)19-16(20)12-4-2-3-5-13(12)17(19)21;1-8-7-10-9(5-6-11(10)14)12(13-8)15(2,3)4;1-5-10(11)8-6-7-9-12(2,3)4;1-6-4-8-7(5-10-6)2-3-9(8)11;2*1-10(2,3)8-6-4-5-7-9;1-2-3-4-5-6/h2-5,8-9,15H,6-7H2,1H3;2-5,8-9,15H,6-7H2,1H3;7,11,14H,5-6H2,1-4H3;1,10-11H,6,8H2,2-4H3;4-5,9,11H,2-3H2,1H3;9H,4-5,7H2,1-3H3;7H,4-5H2,1-3H3;1,6H,3-5H2. The summed E-state index contributed by atoms with van der Waals surface area (Å²) in [4.78, 5) is 76.2. The van der Waals surface area contributed by atoms with E-state index < -0.39 is 38.4 Å². The highest BCUT2D eigenvalue weighted by molar-refractivity contribution is 6.88. The Labute approximate surface area is 640 Å².